The van der Waals surface area contributed by atoms with Gasteiger partial charge in [-0.2, -0.15) is 0 Å². The molecule has 2 rings (SSSR count). The number of rotatable bonds is 3. The van der Waals surface area contributed by atoms with Crippen LogP contribution in [0.3, 0.4) is 0 Å². The molecule has 6 heteroatoms. The second-order valence-corrected chi connectivity index (χ2v) is 3.82. The third-order valence-electron chi connectivity index (χ3n) is 2.49. The first kappa shape index (κ1) is 13.4. The summed E-state index contributed by atoms with van der Waals surface area (Å²) in [5.74, 6) is -0.312. The Morgan fingerprint density at radius 2 is 1.74 bits per heavy atom. The van der Waals surface area contributed by atoms with Gasteiger partial charge in [0.2, 0.25) is 0 Å². The molecule has 0 radical (unpaired) electrons. The zero-order valence-corrected chi connectivity index (χ0v) is 9.76. The molecule has 19 heavy (non-hydrogen) atoms. The number of aromatic nitrogens is 1. The van der Waals surface area contributed by atoms with Crippen LogP contribution in [0.5, 0.6) is 5.75 Å². The van der Waals surface area contributed by atoms with E-state index in [1.54, 1.807) is 24.3 Å². The van der Waals surface area contributed by atoms with Crippen LogP contribution in [0.15, 0.2) is 48.7 Å². The Bertz CT molecular complexity index is 543. The number of halogens is 3. The van der Waals surface area contributed by atoms with Crippen molar-refractivity contribution >= 4 is 0 Å². The van der Waals surface area contributed by atoms with Crippen molar-refractivity contribution in [2.45, 2.75) is 12.4 Å². The minimum Gasteiger partial charge on any atom is -0.405 e. The molecule has 3 nitrogen and oxygen atoms in total. The Kier molecular flexibility index (Phi) is 3.71. The normalized spacial score (nSPS) is 13.1. The van der Waals surface area contributed by atoms with E-state index in [-0.39, 0.29) is 11.3 Å². The van der Waals surface area contributed by atoms with Gasteiger partial charge in [0.05, 0.1) is 11.7 Å². The van der Waals surface area contributed by atoms with Gasteiger partial charge in [-0.3, -0.25) is 4.98 Å². The first-order valence-electron chi connectivity index (χ1n) is 5.48. The molecule has 100 valence electrons. The molecule has 1 aromatic heterocycles. The highest BCUT2D eigenvalue weighted by molar-refractivity contribution is 5.39. The van der Waals surface area contributed by atoms with Crippen molar-refractivity contribution < 1.29 is 17.9 Å². The van der Waals surface area contributed by atoms with E-state index in [0.29, 0.717) is 5.69 Å². The minimum absolute atomic E-state index is 0.235. The summed E-state index contributed by atoms with van der Waals surface area (Å²) in [5, 5.41) is 0. The average molecular weight is 268 g/mol. The first-order chi connectivity index (χ1) is 8.97. The molecule has 1 aromatic carbocycles. The van der Waals surface area contributed by atoms with Crippen molar-refractivity contribution in [3.05, 3.63) is 59.9 Å². The maximum absolute atomic E-state index is 12.3. The number of ether oxygens (including phenoxy) is 1. The molecule has 0 aliphatic heterocycles. The van der Waals surface area contributed by atoms with Crippen molar-refractivity contribution in [2.75, 3.05) is 0 Å². The highest BCUT2D eigenvalue weighted by Crippen LogP contribution is 2.31. The van der Waals surface area contributed by atoms with E-state index in [2.05, 4.69) is 9.72 Å². The zero-order valence-electron chi connectivity index (χ0n) is 9.76. The number of para-hydroxylation sites is 1. The second-order valence-electron chi connectivity index (χ2n) is 3.82. The van der Waals surface area contributed by atoms with Crippen molar-refractivity contribution in [2.24, 2.45) is 5.73 Å². The van der Waals surface area contributed by atoms with Crippen LogP contribution < -0.4 is 10.5 Å². The van der Waals surface area contributed by atoms with E-state index < -0.39 is 12.4 Å². The fourth-order valence-electron chi connectivity index (χ4n) is 1.67. The number of nitrogens with two attached hydrogens (primary N) is 1. The SMILES string of the molecule is NC(c1ccccn1)c1ccccc1OC(F)(F)F. The standard InChI is InChI=1S/C13H11F3N2O/c14-13(15,16)19-11-7-2-1-5-9(11)12(17)10-6-3-4-8-18-10/h1-8,12H,17H2. The topological polar surface area (TPSA) is 48.1 Å². The third-order valence-corrected chi connectivity index (χ3v) is 2.49. The van der Waals surface area contributed by atoms with Gasteiger partial charge in [0.1, 0.15) is 5.75 Å². The van der Waals surface area contributed by atoms with E-state index in [9.17, 15) is 13.2 Å². The van der Waals surface area contributed by atoms with Gasteiger partial charge in [-0.25, -0.2) is 0 Å². The van der Waals surface area contributed by atoms with Gasteiger partial charge in [0.15, 0.2) is 0 Å². The maximum atomic E-state index is 12.3. The number of pyridine rings is 1. The molecular formula is C13H11F3N2O. The molecule has 0 saturated carbocycles. The second kappa shape index (κ2) is 5.27. The molecule has 0 bridgehead atoms. The van der Waals surface area contributed by atoms with Crippen molar-refractivity contribution in [3.8, 4) is 5.75 Å². The van der Waals surface area contributed by atoms with Crippen LogP contribution in [0, 0.1) is 0 Å². The van der Waals surface area contributed by atoms with E-state index in [1.807, 2.05) is 0 Å². The number of hydrogen-bond donors (Lipinski definition) is 1. The molecule has 0 amide bonds. The van der Waals surface area contributed by atoms with Crippen LogP contribution in [-0.2, 0) is 0 Å². The van der Waals surface area contributed by atoms with E-state index >= 15 is 0 Å². The number of hydrogen-bond acceptors (Lipinski definition) is 3. The van der Waals surface area contributed by atoms with Gasteiger partial charge in [0, 0.05) is 11.8 Å². The van der Waals surface area contributed by atoms with Crippen LogP contribution in [0.4, 0.5) is 13.2 Å². The minimum atomic E-state index is -4.75. The predicted octanol–water partition coefficient (Wildman–Crippen LogP) is 3.03. The summed E-state index contributed by atoms with van der Waals surface area (Å²) >= 11 is 0. The molecule has 0 spiro atoms. The lowest BCUT2D eigenvalue weighted by atomic mass is 10.0. The maximum Gasteiger partial charge on any atom is 0.573 e. The van der Waals surface area contributed by atoms with Crippen LogP contribution in [0.2, 0.25) is 0 Å². The molecule has 1 atom stereocenters. The lowest BCUT2D eigenvalue weighted by molar-refractivity contribution is -0.274. The lowest BCUT2D eigenvalue weighted by Crippen LogP contribution is -2.21. The summed E-state index contributed by atoms with van der Waals surface area (Å²) in [6.07, 6.45) is -3.22. The van der Waals surface area contributed by atoms with Gasteiger partial charge in [-0.05, 0) is 18.2 Å². The van der Waals surface area contributed by atoms with Crippen LogP contribution in [-0.4, -0.2) is 11.3 Å². The molecule has 2 aromatic rings. The first-order valence-corrected chi connectivity index (χ1v) is 5.48. The van der Waals surface area contributed by atoms with Gasteiger partial charge in [0.25, 0.3) is 0 Å². The number of nitrogens with zero attached hydrogens (tertiary/aromatic N) is 1. The molecular weight excluding hydrogens is 257 g/mol. The summed E-state index contributed by atoms with van der Waals surface area (Å²) in [7, 11) is 0. The Morgan fingerprint density at radius 1 is 1.05 bits per heavy atom. The van der Waals surface area contributed by atoms with Crippen molar-refractivity contribution in [1.82, 2.24) is 4.98 Å². The van der Waals surface area contributed by atoms with E-state index in [0.717, 1.165) is 0 Å². The molecule has 1 unspecified atom stereocenters. The molecule has 0 aliphatic rings. The van der Waals surface area contributed by atoms with Crippen LogP contribution >= 0.6 is 0 Å². The Labute approximate surface area is 107 Å². The van der Waals surface area contributed by atoms with E-state index in [4.69, 9.17) is 5.73 Å². The summed E-state index contributed by atoms with van der Waals surface area (Å²) in [6.45, 7) is 0. The van der Waals surface area contributed by atoms with Gasteiger partial charge in [-0.15, -0.1) is 13.2 Å². The smallest absolute Gasteiger partial charge is 0.405 e. The molecule has 1 heterocycles. The van der Waals surface area contributed by atoms with Crippen LogP contribution in [0.1, 0.15) is 17.3 Å². The fraction of sp³-hybridized carbons (Fsp3) is 0.154. The van der Waals surface area contributed by atoms with Crippen molar-refractivity contribution in [1.29, 1.82) is 0 Å². The quantitative estimate of drug-likeness (QED) is 0.930. The van der Waals surface area contributed by atoms with Crippen LogP contribution in [0.25, 0.3) is 0 Å². The fourth-order valence-corrected chi connectivity index (χ4v) is 1.67. The van der Waals surface area contributed by atoms with Gasteiger partial charge < -0.3 is 10.5 Å². The summed E-state index contributed by atoms with van der Waals surface area (Å²) in [5.41, 5.74) is 6.63. The van der Waals surface area contributed by atoms with Gasteiger partial charge >= 0.3 is 6.36 Å². The number of alkyl halides is 3. The number of benzene rings is 1. The monoisotopic (exact) mass is 268 g/mol. The van der Waals surface area contributed by atoms with Gasteiger partial charge in [-0.1, -0.05) is 24.3 Å². The zero-order chi connectivity index (χ0) is 13.9. The highest BCUT2D eigenvalue weighted by atomic mass is 19.4. The highest BCUT2D eigenvalue weighted by Gasteiger charge is 2.32. The summed E-state index contributed by atoms with van der Waals surface area (Å²) in [4.78, 5) is 4.03. The van der Waals surface area contributed by atoms with E-state index in [1.165, 1.54) is 24.4 Å². The largest absolute Gasteiger partial charge is 0.573 e. The lowest BCUT2D eigenvalue weighted by Gasteiger charge is -2.17. The summed E-state index contributed by atoms with van der Waals surface area (Å²) < 4.78 is 40.9. The Balaban J connectivity index is 2.35. The Hall–Kier alpha value is -2.08. The average Bonchev–Trinajstić information content (AvgIpc) is 2.38. The summed E-state index contributed by atoms with van der Waals surface area (Å²) in [6, 6.07) is 10.1. The molecule has 0 saturated heterocycles. The molecule has 0 aliphatic carbocycles. The third kappa shape index (κ3) is 3.45. The predicted molar refractivity (Wildman–Crippen MR) is 63.4 cm³/mol. The Morgan fingerprint density at radius 3 is 2.37 bits per heavy atom. The van der Waals surface area contributed by atoms with Crippen molar-refractivity contribution in [3.63, 3.8) is 0 Å². The molecule has 0 fully saturated rings. The molecule has 2 N–H and O–H groups in total.